The van der Waals surface area contributed by atoms with Crippen LogP contribution in [0.15, 0.2) is 40.8 Å². The summed E-state index contributed by atoms with van der Waals surface area (Å²) in [6.07, 6.45) is 4.78. The lowest BCUT2D eigenvalue weighted by Crippen LogP contribution is -2.24. The highest BCUT2D eigenvalue weighted by atomic mass is 32.2. The van der Waals surface area contributed by atoms with Gasteiger partial charge in [0.1, 0.15) is 4.83 Å². The molecule has 0 unspecified atom stereocenters. The Bertz CT molecular complexity index is 1160. The van der Waals surface area contributed by atoms with Crippen molar-refractivity contribution in [3.63, 3.8) is 0 Å². The number of carbonyl (C=O) groups is 1. The first-order chi connectivity index (χ1) is 14.0. The summed E-state index contributed by atoms with van der Waals surface area (Å²) in [6, 6.07) is 5.92. The van der Waals surface area contributed by atoms with Crippen LogP contribution >= 0.6 is 23.1 Å². The second-order valence-corrected chi connectivity index (χ2v) is 9.27. The van der Waals surface area contributed by atoms with Crippen LogP contribution in [0, 0.1) is 13.8 Å². The predicted octanol–water partition coefficient (Wildman–Crippen LogP) is 4.48. The van der Waals surface area contributed by atoms with E-state index in [1.807, 2.05) is 32.0 Å². The SMILES string of the molecule is C=CCn1c(SCC(=O)Nc2c(C)cccc2C)nc2sc3c(c2c1=O)CCC3. The van der Waals surface area contributed by atoms with Gasteiger partial charge in [-0.2, -0.15) is 0 Å². The molecule has 0 atom stereocenters. The summed E-state index contributed by atoms with van der Waals surface area (Å²) < 4.78 is 1.64. The van der Waals surface area contributed by atoms with E-state index in [1.165, 1.54) is 22.2 Å². The standard InChI is InChI=1S/C22H23N3O2S2/c1-4-11-25-21(27)18-15-9-6-10-16(15)29-20(18)24-22(25)28-12-17(26)23-19-13(2)7-5-8-14(19)3/h4-5,7-8H,1,6,9-12H2,2-3H3,(H,23,26). The molecular formula is C22H23N3O2S2. The second-order valence-electron chi connectivity index (χ2n) is 7.24. The molecule has 0 radical (unpaired) electrons. The van der Waals surface area contributed by atoms with E-state index in [0.717, 1.165) is 46.3 Å². The lowest BCUT2D eigenvalue weighted by molar-refractivity contribution is -0.113. The van der Waals surface area contributed by atoms with Gasteiger partial charge < -0.3 is 5.32 Å². The van der Waals surface area contributed by atoms with Crippen LogP contribution in [0.2, 0.25) is 0 Å². The highest BCUT2D eigenvalue weighted by Crippen LogP contribution is 2.35. The molecule has 3 aromatic rings. The van der Waals surface area contributed by atoms with Gasteiger partial charge in [0.05, 0.1) is 11.1 Å². The highest BCUT2D eigenvalue weighted by molar-refractivity contribution is 7.99. The van der Waals surface area contributed by atoms with E-state index in [9.17, 15) is 9.59 Å². The van der Waals surface area contributed by atoms with E-state index in [4.69, 9.17) is 4.98 Å². The van der Waals surface area contributed by atoms with Crippen LogP contribution in [0.4, 0.5) is 5.69 Å². The number of thioether (sulfide) groups is 1. The van der Waals surface area contributed by atoms with E-state index < -0.39 is 0 Å². The van der Waals surface area contributed by atoms with Crippen molar-refractivity contribution < 1.29 is 4.79 Å². The number of benzene rings is 1. The first-order valence-electron chi connectivity index (χ1n) is 9.64. The molecule has 0 saturated heterocycles. The quantitative estimate of drug-likeness (QED) is 0.359. The Morgan fingerprint density at radius 2 is 2.10 bits per heavy atom. The van der Waals surface area contributed by atoms with Gasteiger partial charge in [-0.05, 0) is 49.8 Å². The Morgan fingerprint density at radius 1 is 1.34 bits per heavy atom. The van der Waals surface area contributed by atoms with Crippen molar-refractivity contribution in [2.75, 3.05) is 11.1 Å². The molecular weight excluding hydrogens is 402 g/mol. The minimum Gasteiger partial charge on any atom is -0.325 e. The van der Waals surface area contributed by atoms with E-state index in [1.54, 1.807) is 22.0 Å². The zero-order chi connectivity index (χ0) is 20.5. The molecule has 1 N–H and O–H groups in total. The number of allylic oxidation sites excluding steroid dienone is 1. The van der Waals surface area contributed by atoms with Crippen LogP contribution in [-0.2, 0) is 24.2 Å². The third kappa shape index (κ3) is 3.76. The Balaban J connectivity index is 1.60. The topological polar surface area (TPSA) is 64.0 Å². The number of amides is 1. The number of hydrogen-bond donors (Lipinski definition) is 1. The maximum atomic E-state index is 13.2. The molecule has 0 bridgehead atoms. The molecule has 0 aliphatic heterocycles. The van der Waals surface area contributed by atoms with Gasteiger partial charge in [0.15, 0.2) is 5.16 Å². The van der Waals surface area contributed by atoms with Gasteiger partial charge in [-0.15, -0.1) is 17.9 Å². The van der Waals surface area contributed by atoms with Crippen LogP contribution < -0.4 is 10.9 Å². The van der Waals surface area contributed by atoms with Crippen molar-refractivity contribution in [1.82, 2.24) is 9.55 Å². The number of hydrogen-bond acceptors (Lipinski definition) is 5. The summed E-state index contributed by atoms with van der Waals surface area (Å²) in [5.41, 5.74) is 4.05. The summed E-state index contributed by atoms with van der Waals surface area (Å²) >= 11 is 2.91. The van der Waals surface area contributed by atoms with Crippen LogP contribution in [-0.4, -0.2) is 21.2 Å². The average molecular weight is 426 g/mol. The fourth-order valence-corrected chi connectivity index (χ4v) is 5.89. The predicted molar refractivity (Wildman–Crippen MR) is 121 cm³/mol. The normalized spacial score (nSPS) is 12.9. The number of thiophene rings is 1. The number of fused-ring (bicyclic) bond motifs is 3. The lowest BCUT2D eigenvalue weighted by Gasteiger charge is -2.13. The van der Waals surface area contributed by atoms with Gasteiger partial charge >= 0.3 is 0 Å². The van der Waals surface area contributed by atoms with E-state index in [2.05, 4.69) is 11.9 Å². The van der Waals surface area contributed by atoms with E-state index in [-0.39, 0.29) is 17.2 Å². The number of aryl methyl sites for hydroxylation is 4. The summed E-state index contributed by atoms with van der Waals surface area (Å²) in [4.78, 5) is 32.5. The van der Waals surface area contributed by atoms with Crippen molar-refractivity contribution in [1.29, 1.82) is 0 Å². The monoisotopic (exact) mass is 425 g/mol. The minimum atomic E-state index is -0.111. The number of anilines is 1. The first kappa shape index (κ1) is 19.9. The van der Waals surface area contributed by atoms with Gasteiger partial charge in [-0.25, -0.2) is 4.98 Å². The van der Waals surface area contributed by atoms with Gasteiger partial charge in [0, 0.05) is 17.1 Å². The fourth-order valence-electron chi connectivity index (χ4n) is 3.78. The number of carbonyl (C=O) groups excluding carboxylic acids is 1. The molecule has 2 heterocycles. The number of aromatic nitrogens is 2. The number of para-hydroxylation sites is 1. The summed E-state index contributed by atoms with van der Waals surface area (Å²) in [6.45, 7) is 8.11. The molecule has 29 heavy (non-hydrogen) atoms. The van der Waals surface area contributed by atoms with Crippen molar-refractivity contribution in [3.05, 3.63) is 62.8 Å². The molecule has 1 aliphatic carbocycles. The Hall–Kier alpha value is -2.38. The maximum absolute atomic E-state index is 13.2. The molecule has 0 fully saturated rings. The third-order valence-corrected chi connectivity index (χ3v) is 7.34. The zero-order valence-electron chi connectivity index (χ0n) is 16.6. The average Bonchev–Trinajstić information content (AvgIpc) is 3.26. The van der Waals surface area contributed by atoms with Crippen molar-refractivity contribution >= 4 is 44.9 Å². The summed E-state index contributed by atoms with van der Waals surface area (Å²) in [7, 11) is 0. The molecule has 0 spiro atoms. The first-order valence-corrected chi connectivity index (χ1v) is 11.4. The summed E-state index contributed by atoms with van der Waals surface area (Å²) in [5.74, 6) is 0.0779. The molecule has 7 heteroatoms. The van der Waals surface area contributed by atoms with Crippen LogP contribution in [0.3, 0.4) is 0 Å². The Morgan fingerprint density at radius 3 is 2.83 bits per heavy atom. The third-order valence-electron chi connectivity index (χ3n) is 5.18. The molecule has 150 valence electrons. The Labute approximate surface area is 177 Å². The largest absolute Gasteiger partial charge is 0.325 e. The molecule has 1 amide bonds. The highest BCUT2D eigenvalue weighted by Gasteiger charge is 2.23. The van der Waals surface area contributed by atoms with Gasteiger partial charge in [-0.1, -0.05) is 36.0 Å². The molecule has 5 nitrogen and oxygen atoms in total. The smallest absolute Gasteiger partial charge is 0.263 e. The molecule has 4 rings (SSSR count). The molecule has 2 aromatic heterocycles. The van der Waals surface area contributed by atoms with Gasteiger partial charge in [0.25, 0.3) is 5.56 Å². The van der Waals surface area contributed by atoms with E-state index in [0.29, 0.717) is 11.7 Å². The zero-order valence-corrected chi connectivity index (χ0v) is 18.2. The van der Waals surface area contributed by atoms with Crippen LogP contribution in [0.1, 0.15) is 28.0 Å². The van der Waals surface area contributed by atoms with Crippen LogP contribution in [0.25, 0.3) is 10.2 Å². The Kier molecular flexibility index (Phi) is 5.61. The molecule has 1 aromatic carbocycles. The van der Waals surface area contributed by atoms with E-state index >= 15 is 0 Å². The van der Waals surface area contributed by atoms with Crippen molar-refractivity contribution in [2.24, 2.45) is 0 Å². The summed E-state index contributed by atoms with van der Waals surface area (Å²) in [5, 5.41) is 4.32. The minimum absolute atomic E-state index is 0.0213. The van der Waals surface area contributed by atoms with Crippen LogP contribution in [0.5, 0.6) is 0 Å². The number of rotatable bonds is 6. The number of nitrogens with one attached hydrogen (secondary N) is 1. The van der Waals surface area contributed by atoms with Gasteiger partial charge in [0.2, 0.25) is 5.91 Å². The lowest BCUT2D eigenvalue weighted by atomic mass is 10.1. The second kappa shape index (κ2) is 8.16. The number of nitrogens with zero attached hydrogens (tertiary/aromatic N) is 2. The maximum Gasteiger partial charge on any atom is 0.263 e. The molecule has 0 saturated carbocycles. The molecule has 1 aliphatic rings. The fraction of sp³-hybridized carbons (Fsp3) is 0.318. The van der Waals surface area contributed by atoms with Crippen molar-refractivity contribution in [2.45, 2.75) is 44.8 Å². The van der Waals surface area contributed by atoms with Gasteiger partial charge in [-0.3, -0.25) is 14.2 Å². The van der Waals surface area contributed by atoms with Crippen molar-refractivity contribution in [3.8, 4) is 0 Å².